The zero-order valence-corrected chi connectivity index (χ0v) is 14.8. The molecule has 124 valence electrons. The van der Waals surface area contributed by atoms with Crippen molar-refractivity contribution in [1.29, 1.82) is 0 Å². The van der Waals surface area contributed by atoms with Crippen LogP contribution >= 0.6 is 15.9 Å². The van der Waals surface area contributed by atoms with Crippen molar-refractivity contribution < 1.29 is 19.4 Å². The predicted molar refractivity (Wildman–Crippen MR) is 89.1 cm³/mol. The van der Waals surface area contributed by atoms with Crippen LogP contribution in [0.25, 0.3) is 0 Å². The lowest BCUT2D eigenvalue weighted by atomic mass is 10.2. The van der Waals surface area contributed by atoms with E-state index in [-0.39, 0.29) is 11.4 Å². The van der Waals surface area contributed by atoms with Gasteiger partial charge in [-0.1, -0.05) is 46.3 Å². The molecule has 0 aromatic heterocycles. The maximum Gasteiger partial charge on any atom is 0.407 e. The van der Waals surface area contributed by atoms with Gasteiger partial charge in [-0.2, -0.15) is 0 Å². The highest BCUT2D eigenvalue weighted by atomic mass is 79.9. The molecule has 1 aromatic carbocycles. The van der Waals surface area contributed by atoms with E-state index >= 15 is 0 Å². The maximum absolute atomic E-state index is 11.7. The first-order chi connectivity index (χ1) is 10.3. The second-order valence-corrected chi connectivity index (χ2v) is 7.13. The fourth-order valence-corrected chi connectivity index (χ4v) is 2.18. The fourth-order valence-electron chi connectivity index (χ4n) is 1.69. The molecule has 0 fully saturated rings. The van der Waals surface area contributed by atoms with Crippen LogP contribution in [-0.2, 0) is 16.1 Å². The van der Waals surface area contributed by atoms with Gasteiger partial charge in [0.25, 0.3) is 0 Å². The Morgan fingerprint density at radius 1 is 1.32 bits per heavy atom. The molecule has 2 atom stereocenters. The number of alkyl carbamates (subject to hydrolysis) is 1. The lowest BCUT2D eigenvalue weighted by Gasteiger charge is -2.25. The van der Waals surface area contributed by atoms with Crippen LogP contribution in [0, 0.1) is 0 Å². The smallest absolute Gasteiger partial charge is 0.407 e. The molecule has 2 N–H and O–H groups in total. The lowest BCUT2D eigenvalue weighted by Crippen LogP contribution is -2.47. The Hall–Kier alpha value is -1.11. The number of hydrogen-bond acceptors (Lipinski definition) is 4. The summed E-state index contributed by atoms with van der Waals surface area (Å²) in [5, 5.41) is 12.0. The minimum absolute atomic E-state index is 0.205. The maximum atomic E-state index is 11.7. The minimum atomic E-state index is -0.574. The first-order valence-corrected chi connectivity index (χ1v) is 8.09. The lowest BCUT2D eigenvalue weighted by molar-refractivity contribution is 0.0459. The van der Waals surface area contributed by atoms with Crippen LogP contribution in [0.3, 0.4) is 0 Å². The molecule has 0 spiro atoms. The van der Waals surface area contributed by atoms with E-state index in [2.05, 4.69) is 21.2 Å². The SMILES string of the molecule is CC(C)(C)OC(=O)N[C@H](CO)[C@@H](Br)COCc1ccccc1. The third kappa shape index (κ3) is 7.77. The second-order valence-electron chi connectivity index (χ2n) is 5.95. The summed E-state index contributed by atoms with van der Waals surface area (Å²) in [4.78, 5) is 11.5. The number of alkyl halides is 1. The summed E-state index contributed by atoms with van der Waals surface area (Å²) in [6.07, 6.45) is -0.556. The summed E-state index contributed by atoms with van der Waals surface area (Å²) in [5.74, 6) is 0. The normalized spacial score (nSPS) is 14.2. The highest BCUT2D eigenvalue weighted by molar-refractivity contribution is 9.09. The molecule has 0 bridgehead atoms. The Balaban J connectivity index is 2.37. The fraction of sp³-hybridized carbons (Fsp3) is 0.562. The van der Waals surface area contributed by atoms with Crippen molar-refractivity contribution in [3.05, 3.63) is 35.9 Å². The third-order valence-electron chi connectivity index (χ3n) is 2.72. The molecule has 0 saturated heterocycles. The summed E-state index contributed by atoms with van der Waals surface area (Å²) in [7, 11) is 0. The van der Waals surface area contributed by atoms with Crippen LogP contribution in [-0.4, -0.2) is 40.9 Å². The van der Waals surface area contributed by atoms with E-state index < -0.39 is 17.7 Å². The molecule has 0 aliphatic rings. The number of rotatable bonds is 7. The van der Waals surface area contributed by atoms with Crippen LogP contribution in [0.1, 0.15) is 26.3 Å². The van der Waals surface area contributed by atoms with Crippen molar-refractivity contribution in [3.63, 3.8) is 0 Å². The number of aliphatic hydroxyl groups is 1. The van der Waals surface area contributed by atoms with Crippen molar-refractivity contribution in [2.75, 3.05) is 13.2 Å². The molecule has 1 aromatic rings. The van der Waals surface area contributed by atoms with Gasteiger partial charge in [0.15, 0.2) is 0 Å². The van der Waals surface area contributed by atoms with Gasteiger partial charge in [-0.15, -0.1) is 0 Å². The van der Waals surface area contributed by atoms with Gasteiger partial charge >= 0.3 is 6.09 Å². The Kier molecular flexibility index (Phi) is 7.85. The molecule has 0 saturated carbocycles. The van der Waals surface area contributed by atoms with Crippen LogP contribution < -0.4 is 5.32 Å². The van der Waals surface area contributed by atoms with E-state index in [9.17, 15) is 9.90 Å². The number of aliphatic hydroxyl groups excluding tert-OH is 1. The quantitative estimate of drug-likeness (QED) is 0.721. The van der Waals surface area contributed by atoms with Crippen LogP contribution in [0.4, 0.5) is 4.79 Å². The number of halogens is 1. The highest BCUT2D eigenvalue weighted by Gasteiger charge is 2.24. The van der Waals surface area contributed by atoms with E-state index in [1.807, 2.05) is 30.3 Å². The standard InChI is InChI=1S/C16H24BrNO4/c1-16(2,3)22-15(20)18-14(9-19)13(17)11-21-10-12-7-5-4-6-8-12/h4-8,13-14,19H,9-11H2,1-3H3,(H,18,20)/t13-,14+/m0/s1. The minimum Gasteiger partial charge on any atom is -0.444 e. The molecule has 0 unspecified atom stereocenters. The summed E-state index contributed by atoms with van der Waals surface area (Å²) in [5.41, 5.74) is 0.498. The highest BCUT2D eigenvalue weighted by Crippen LogP contribution is 2.11. The number of carbonyl (C=O) groups excluding carboxylic acids is 1. The Bertz CT molecular complexity index is 447. The molecule has 22 heavy (non-hydrogen) atoms. The Morgan fingerprint density at radius 2 is 1.95 bits per heavy atom. The number of amides is 1. The zero-order chi connectivity index (χ0) is 16.6. The van der Waals surface area contributed by atoms with Gasteiger partial charge in [0.2, 0.25) is 0 Å². The molecule has 0 heterocycles. The molecular weight excluding hydrogens is 350 g/mol. The van der Waals surface area contributed by atoms with Crippen molar-refractivity contribution in [2.45, 2.75) is 43.8 Å². The van der Waals surface area contributed by atoms with Crippen molar-refractivity contribution >= 4 is 22.0 Å². The first kappa shape index (κ1) is 18.9. The Labute approximate surface area is 140 Å². The number of carbonyl (C=O) groups is 1. The van der Waals surface area contributed by atoms with Gasteiger partial charge in [-0.25, -0.2) is 4.79 Å². The van der Waals surface area contributed by atoms with Gasteiger partial charge in [0, 0.05) is 0 Å². The molecule has 1 rings (SSSR count). The van der Waals surface area contributed by atoms with E-state index in [1.54, 1.807) is 20.8 Å². The third-order valence-corrected chi connectivity index (χ3v) is 3.63. The van der Waals surface area contributed by atoms with Crippen LogP contribution in [0.2, 0.25) is 0 Å². The molecule has 0 radical (unpaired) electrons. The largest absolute Gasteiger partial charge is 0.444 e. The number of nitrogens with one attached hydrogen (secondary N) is 1. The van der Waals surface area contributed by atoms with Crippen molar-refractivity contribution in [2.24, 2.45) is 0 Å². The summed E-state index contributed by atoms with van der Waals surface area (Å²) < 4.78 is 10.8. The number of hydrogen-bond donors (Lipinski definition) is 2. The summed E-state index contributed by atoms with van der Waals surface area (Å²) in [6, 6.07) is 9.32. The van der Waals surface area contributed by atoms with E-state index in [0.29, 0.717) is 13.2 Å². The average molecular weight is 374 g/mol. The molecule has 5 nitrogen and oxygen atoms in total. The van der Waals surface area contributed by atoms with E-state index in [0.717, 1.165) is 5.56 Å². The predicted octanol–water partition coefficient (Wildman–Crippen LogP) is 2.85. The van der Waals surface area contributed by atoms with E-state index in [1.165, 1.54) is 0 Å². The van der Waals surface area contributed by atoms with Gasteiger partial charge in [-0.05, 0) is 26.3 Å². The zero-order valence-electron chi connectivity index (χ0n) is 13.2. The van der Waals surface area contributed by atoms with Crippen LogP contribution in [0.5, 0.6) is 0 Å². The average Bonchev–Trinajstić information content (AvgIpc) is 2.44. The van der Waals surface area contributed by atoms with Gasteiger partial charge in [-0.3, -0.25) is 0 Å². The van der Waals surface area contributed by atoms with Crippen LogP contribution in [0.15, 0.2) is 30.3 Å². The van der Waals surface area contributed by atoms with Crippen molar-refractivity contribution in [3.8, 4) is 0 Å². The van der Waals surface area contributed by atoms with Gasteiger partial charge in [0.1, 0.15) is 5.60 Å². The van der Waals surface area contributed by atoms with E-state index in [4.69, 9.17) is 9.47 Å². The molecular formula is C16H24BrNO4. The van der Waals surface area contributed by atoms with Gasteiger partial charge in [0.05, 0.1) is 30.7 Å². The topological polar surface area (TPSA) is 67.8 Å². The summed E-state index contributed by atoms with van der Waals surface area (Å²) in [6.45, 7) is 5.99. The monoisotopic (exact) mass is 373 g/mol. The molecule has 0 aliphatic heterocycles. The second kappa shape index (κ2) is 9.12. The molecule has 0 aliphatic carbocycles. The number of benzene rings is 1. The molecule has 1 amide bonds. The number of ether oxygens (including phenoxy) is 2. The van der Waals surface area contributed by atoms with Gasteiger partial charge < -0.3 is 19.9 Å². The molecule has 6 heteroatoms. The first-order valence-electron chi connectivity index (χ1n) is 7.18. The Morgan fingerprint density at radius 3 is 2.50 bits per heavy atom. The van der Waals surface area contributed by atoms with Crippen molar-refractivity contribution in [1.82, 2.24) is 5.32 Å². The summed E-state index contributed by atoms with van der Waals surface area (Å²) >= 11 is 3.43.